The summed E-state index contributed by atoms with van der Waals surface area (Å²) in [7, 11) is 1.67. The lowest BCUT2D eigenvalue weighted by Gasteiger charge is -2.23. The third-order valence-electron chi connectivity index (χ3n) is 3.35. The Morgan fingerprint density at radius 2 is 2.26 bits per heavy atom. The van der Waals surface area contributed by atoms with E-state index in [0.29, 0.717) is 12.5 Å². The van der Waals surface area contributed by atoms with Gasteiger partial charge in [-0.1, -0.05) is 11.6 Å². The summed E-state index contributed by atoms with van der Waals surface area (Å²) in [6.07, 6.45) is 3.06. The number of rotatable bonds is 7. The van der Waals surface area contributed by atoms with Crippen molar-refractivity contribution in [2.75, 3.05) is 13.7 Å². The molecule has 4 nitrogen and oxygen atoms in total. The Morgan fingerprint density at radius 3 is 2.84 bits per heavy atom. The lowest BCUT2D eigenvalue weighted by molar-refractivity contribution is 0.257. The fraction of sp³-hybridized carbons (Fsp3) is 0.500. The second kappa shape index (κ2) is 6.26. The van der Waals surface area contributed by atoms with Gasteiger partial charge in [-0.3, -0.25) is 10.3 Å². The number of halogens is 1. The molecular weight excluding hydrogens is 262 g/mol. The summed E-state index contributed by atoms with van der Waals surface area (Å²) in [5.74, 6) is 1.10. The molecule has 1 fully saturated rings. The van der Waals surface area contributed by atoms with Crippen LogP contribution >= 0.6 is 11.6 Å². The molecule has 1 aromatic rings. The first kappa shape index (κ1) is 14.2. The molecule has 3 N–H and O–H groups in total. The predicted octanol–water partition coefficient (Wildman–Crippen LogP) is 2.64. The standard InChI is InChI=1S/C14H20ClN3O/c1-19-13-5-2-11(15)8-10(13)9-18(12-3-4-12)7-6-14(16)17/h2,5,8,12H,3-4,6-7,9H2,1H3,(H3,16,17). The van der Waals surface area contributed by atoms with E-state index < -0.39 is 0 Å². The number of hydrogen-bond donors (Lipinski definition) is 2. The number of methoxy groups -OCH3 is 1. The molecule has 0 bridgehead atoms. The van der Waals surface area contributed by atoms with Gasteiger partial charge in [0.05, 0.1) is 12.9 Å². The first-order chi connectivity index (χ1) is 9.10. The van der Waals surface area contributed by atoms with E-state index in [4.69, 9.17) is 27.5 Å². The fourth-order valence-electron chi connectivity index (χ4n) is 2.18. The summed E-state index contributed by atoms with van der Waals surface area (Å²) in [5, 5.41) is 8.07. The molecule has 0 radical (unpaired) electrons. The number of nitrogens with zero attached hydrogens (tertiary/aromatic N) is 1. The van der Waals surface area contributed by atoms with Gasteiger partial charge in [0.15, 0.2) is 0 Å². The first-order valence-corrected chi connectivity index (χ1v) is 6.87. The van der Waals surface area contributed by atoms with E-state index in [1.807, 2.05) is 18.2 Å². The average molecular weight is 282 g/mol. The minimum Gasteiger partial charge on any atom is -0.496 e. The summed E-state index contributed by atoms with van der Waals surface area (Å²) >= 11 is 6.05. The second-order valence-electron chi connectivity index (χ2n) is 4.93. The lowest BCUT2D eigenvalue weighted by Crippen LogP contribution is -2.29. The van der Waals surface area contributed by atoms with Crippen LogP contribution in [0.25, 0.3) is 0 Å². The molecule has 2 rings (SSSR count). The van der Waals surface area contributed by atoms with Gasteiger partial charge in [0.1, 0.15) is 5.75 Å². The van der Waals surface area contributed by atoms with Crippen LogP contribution in [0.2, 0.25) is 5.02 Å². The van der Waals surface area contributed by atoms with E-state index in [-0.39, 0.29) is 5.84 Å². The third-order valence-corrected chi connectivity index (χ3v) is 3.58. The number of nitrogens with two attached hydrogens (primary N) is 1. The van der Waals surface area contributed by atoms with E-state index in [1.54, 1.807) is 7.11 Å². The summed E-state index contributed by atoms with van der Waals surface area (Å²) in [4.78, 5) is 2.36. The molecule has 0 aliphatic heterocycles. The highest BCUT2D eigenvalue weighted by Gasteiger charge is 2.29. The molecule has 19 heavy (non-hydrogen) atoms. The average Bonchev–Trinajstić information content (AvgIpc) is 3.18. The van der Waals surface area contributed by atoms with Crippen molar-refractivity contribution in [1.29, 1.82) is 5.41 Å². The Bertz CT molecular complexity index is 460. The van der Waals surface area contributed by atoms with Gasteiger partial charge in [-0.2, -0.15) is 0 Å². The largest absolute Gasteiger partial charge is 0.496 e. The summed E-state index contributed by atoms with van der Waals surface area (Å²) in [6.45, 7) is 1.61. The molecule has 1 aromatic carbocycles. The Labute approximate surface area is 119 Å². The van der Waals surface area contributed by atoms with Crippen LogP contribution in [0.4, 0.5) is 0 Å². The van der Waals surface area contributed by atoms with E-state index in [1.165, 1.54) is 12.8 Å². The van der Waals surface area contributed by atoms with Crippen LogP contribution in [-0.4, -0.2) is 30.4 Å². The zero-order chi connectivity index (χ0) is 13.8. The maximum absolute atomic E-state index is 7.35. The quantitative estimate of drug-likeness (QED) is 0.597. The van der Waals surface area contributed by atoms with Crippen molar-refractivity contribution < 1.29 is 4.74 Å². The monoisotopic (exact) mass is 281 g/mol. The van der Waals surface area contributed by atoms with Gasteiger partial charge in [-0.15, -0.1) is 0 Å². The number of ether oxygens (including phenoxy) is 1. The smallest absolute Gasteiger partial charge is 0.123 e. The second-order valence-corrected chi connectivity index (χ2v) is 5.37. The van der Waals surface area contributed by atoms with Crippen molar-refractivity contribution in [3.8, 4) is 5.75 Å². The molecule has 1 aliphatic rings. The minimum atomic E-state index is 0.240. The van der Waals surface area contributed by atoms with Gasteiger partial charge in [-0.25, -0.2) is 0 Å². The maximum Gasteiger partial charge on any atom is 0.123 e. The van der Waals surface area contributed by atoms with Crippen LogP contribution in [0.1, 0.15) is 24.8 Å². The van der Waals surface area contributed by atoms with E-state index in [9.17, 15) is 0 Å². The highest BCUT2D eigenvalue weighted by molar-refractivity contribution is 6.30. The number of nitrogens with one attached hydrogen (secondary N) is 1. The topological polar surface area (TPSA) is 62.3 Å². The molecule has 5 heteroatoms. The van der Waals surface area contributed by atoms with Crippen LogP contribution < -0.4 is 10.5 Å². The van der Waals surface area contributed by atoms with E-state index >= 15 is 0 Å². The van der Waals surface area contributed by atoms with Gasteiger partial charge < -0.3 is 10.5 Å². The number of benzene rings is 1. The molecule has 0 heterocycles. The molecule has 104 valence electrons. The van der Waals surface area contributed by atoms with Gasteiger partial charge in [0.2, 0.25) is 0 Å². The highest BCUT2D eigenvalue weighted by atomic mass is 35.5. The van der Waals surface area contributed by atoms with Crippen LogP contribution in [0.15, 0.2) is 18.2 Å². The van der Waals surface area contributed by atoms with Crippen LogP contribution in [0, 0.1) is 5.41 Å². The van der Waals surface area contributed by atoms with Crippen LogP contribution in [-0.2, 0) is 6.54 Å². The molecular formula is C14H20ClN3O. The van der Waals surface area contributed by atoms with Crippen molar-refractivity contribution in [2.45, 2.75) is 31.8 Å². The van der Waals surface area contributed by atoms with Crippen molar-refractivity contribution >= 4 is 17.4 Å². The molecule has 0 aromatic heterocycles. The molecule has 0 spiro atoms. The first-order valence-electron chi connectivity index (χ1n) is 6.49. The fourth-order valence-corrected chi connectivity index (χ4v) is 2.38. The Hall–Kier alpha value is -1.26. The Kier molecular flexibility index (Phi) is 4.66. The van der Waals surface area contributed by atoms with Gasteiger partial charge in [0, 0.05) is 36.1 Å². The molecule has 0 amide bonds. The summed E-state index contributed by atoms with van der Waals surface area (Å²) in [6, 6.07) is 6.29. The van der Waals surface area contributed by atoms with Crippen LogP contribution in [0.3, 0.4) is 0 Å². The Morgan fingerprint density at radius 1 is 1.53 bits per heavy atom. The third kappa shape index (κ3) is 4.11. The van der Waals surface area contributed by atoms with Gasteiger partial charge in [0.25, 0.3) is 0 Å². The normalized spacial score (nSPS) is 14.7. The van der Waals surface area contributed by atoms with E-state index in [0.717, 1.165) is 29.4 Å². The summed E-state index contributed by atoms with van der Waals surface area (Å²) in [5.41, 5.74) is 6.53. The minimum absolute atomic E-state index is 0.240. The molecule has 0 atom stereocenters. The number of amidine groups is 1. The lowest BCUT2D eigenvalue weighted by atomic mass is 10.1. The Balaban J connectivity index is 2.07. The van der Waals surface area contributed by atoms with Gasteiger partial charge in [-0.05, 0) is 31.0 Å². The van der Waals surface area contributed by atoms with E-state index in [2.05, 4.69) is 4.90 Å². The predicted molar refractivity (Wildman–Crippen MR) is 78.0 cm³/mol. The highest BCUT2D eigenvalue weighted by Crippen LogP contribution is 2.31. The van der Waals surface area contributed by atoms with Crippen molar-refractivity contribution in [1.82, 2.24) is 4.90 Å². The molecule has 0 saturated heterocycles. The molecule has 1 saturated carbocycles. The maximum atomic E-state index is 7.35. The van der Waals surface area contributed by atoms with Crippen molar-refractivity contribution in [2.24, 2.45) is 5.73 Å². The SMILES string of the molecule is COc1ccc(Cl)cc1CN(CCC(=N)N)C1CC1. The molecule has 1 aliphatic carbocycles. The molecule has 0 unspecified atom stereocenters. The van der Waals surface area contributed by atoms with Crippen molar-refractivity contribution in [3.05, 3.63) is 28.8 Å². The van der Waals surface area contributed by atoms with Crippen molar-refractivity contribution in [3.63, 3.8) is 0 Å². The van der Waals surface area contributed by atoms with Crippen LogP contribution in [0.5, 0.6) is 5.75 Å². The number of hydrogen-bond acceptors (Lipinski definition) is 3. The zero-order valence-electron chi connectivity index (χ0n) is 11.2. The zero-order valence-corrected chi connectivity index (χ0v) is 11.9. The summed E-state index contributed by atoms with van der Waals surface area (Å²) < 4.78 is 5.37. The van der Waals surface area contributed by atoms with Gasteiger partial charge >= 0.3 is 0 Å².